The van der Waals surface area contributed by atoms with Crippen LogP contribution in [-0.4, -0.2) is 12.1 Å². The lowest BCUT2D eigenvalue weighted by Gasteiger charge is -2.26. The van der Waals surface area contributed by atoms with Crippen molar-refractivity contribution in [3.05, 3.63) is 12.7 Å². The zero-order chi connectivity index (χ0) is 6.69. The van der Waals surface area contributed by atoms with Crippen molar-refractivity contribution in [1.29, 1.82) is 0 Å². The van der Waals surface area contributed by atoms with E-state index in [-0.39, 0.29) is 0 Å². The van der Waals surface area contributed by atoms with Crippen molar-refractivity contribution in [1.82, 2.24) is 5.32 Å². The van der Waals surface area contributed by atoms with Gasteiger partial charge in [-0.3, -0.25) is 0 Å². The van der Waals surface area contributed by atoms with Crippen LogP contribution >= 0.6 is 0 Å². The third-order valence-corrected chi connectivity index (χ3v) is 1.94. The second kappa shape index (κ2) is 3.02. The van der Waals surface area contributed by atoms with Crippen LogP contribution in [0.15, 0.2) is 12.7 Å². The van der Waals surface area contributed by atoms with Gasteiger partial charge in [-0.05, 0) is 19.8 Å². The third kappa shape index (κ3) is 1.83. The summed E-state index contributed by atoms with van der Waals surface area (Å²) in [4.78, 5) is 0. The molecule has 0 aromatic carbocycles. The lowest BCUT2D eigenvalue weighted by molar-refractivity contribution is 0.375. The maximum absolute atomic E-state index is 3.76. The molecule has 1 aliphatic rings. The van der Waals surface area contributed by atoms with Crippen molar-refractivity contribution in [3.8, 4) is 0 Å². The molecule has 0 saturated carbocycles. The molecular weight excluding hydrogens is 110 g/mol. The Morgan fingerprint density at radius 3 is 2.78 bits per heavy atom. The fourth-order valence-electron chi connectivity index (χ4n) is 1.36. The van der Waals surface area contributed by atoms with Crippen LogP contribution < -0.4 is 5.32 Å². The molecule has 1 fully saturated rings. The first-order valence-corrected chi connectivity index (χ1v) is 3.71. The summed E-state index contributed by atoms with van der Waals surface area (Å²) >= 11 is 0. The molecule has 1 N–H and O–H groups in total. The first kappa shape index (κ1) is 6.81. The van der Waals surface area contributed by atoms with Crippen LogP contribution in [-0.2, 0) is 0 Å². The number of hydrogen-bond donors (Lipinski definition) is 1. The monoisotopic (exact) mass is 125 g/mol. The van der Waals surface area contributed by atoms with Crippen LogP contribution in [0.2, 0.25) is 0 Å². The van der Waals surface area contributed by atoms with E-state index in [1.54, 1.807) is 0 Å². The van der Waals surface area contributed by atoms with Crippen LogP contribution in [0.1, 0.15) is 26.2 Å². The standard InChI is InChI=1S/C8H15N/c1-3-8-6-4-5-7(2)9-8/h3,7-9H,1,4-6H2,2H3. The lowest BCUT2D eigenvalue weighted by atomic mass is 10.00. The Balaban J connectivity index is 2.31. The highest BCUT2D eigenvalue weighted by molar-refractivity contribution is 4.90. The minimum absolute atomic E-state index is 0.578. The first-order chi connectivity index (χ1) is 4.33. The topological polar surface area (TPSA) is 12.0 Å². The summed E-state index contributed by atoms with van der Waals surface area (Å²) in [5.74, 6) is 0. The van der Waals surface area contributed by atoms with E-state index in [0.717, 1.165) is 0 Å². The molecular formula is C8H15N. The van der Waals surface area contributed by atoms with E-state index in [1.807, 2.05) is 6.08 Å². The van der Waals surface area contributed by atoms with E-state index in [1.165, 1.54) is 19.3 Å². The van der Waals surface area contributed by atoms with Crippen LogP contribution in [0.3, 0.4) is 0 Å². The first-order valence-electron chi connectivity index (χ1n) is 3.71. The van der Waals surface area contributed by atoms with Gasteiger partial charge in [0.25, 0.3) is 0 Å². The Hall–Kier alpha value is -0.300. The zero-order valence-corrected chi connectivity index (χ0v) is 6.06. The molecule has 0 aromatic rings. The van der Waals surface area contributed by atoms with Gasteiger partial charge in [-0.1, -0.05) is 12.5 Å². The fraction of sp³-hybridized carbons (Fsp3) is 0.750. The normalized spacial score (nSPS) is 36.1. The molecule has 0 radical (unpaired) electrons. The second-order valence-electron chi connectivity index (χ2n) is 2.84. The average Bonchev–Trinajstić information content (AvgIpc) is 1.88. The third-order valence-electron chi connectivity index (χ3n) is 1.94. The molecule has 1 heterocycles. The van der Waals surface area contributed by atoms with E-state index >= 15 is 0 Å². The van der Waals surface area contributed by atoms with Crippen molar-refractivity contribution in [2.24, 2.45) is 0 Å². The summed E-state index contributed by atoms with van der Waals surface area (Å²) in [6.45, 7) is 5.99. The summed E-state index contributed by atoms with van der Waals surface area (Å²) in [6, 6.07) is 1.27. The zero-order valence-electron chi connectivity index (χ0n) is 6.06. The molecule has 1 rings (SSSR count). The number of hydrogen-bond acceptors (Lipinski definition) is 1. The van der Waals surface area contributed by atoms with Gasteiger partial charge < -0.3 is 5.32 Å². The number of rotatable bonds is 1. The summed E-state index contributed by atoms with van der Waals surface area (Å²) in [5, 5.41) is 3.45. The summed E-state index contributed by atoms with van der Waals surface area (Å²) in [5.41, 5.74) is 0. The largest absolute Gasteiger partial charge is 0.308 e. The van der Waals surface area contributed by atoms with Crippen molar-refractivity contribution in [2.75, 3.05) is 0 Å². The Kier molecular flexibility index (Phi) is 2.29. The Morgan fingerprint density at radius 2 is 2.33 bits per heavy atom. The minimum atomic E-state index is 0.578. The highest BCUT2D eigenvalue weighted by Gasteiger charge is 2.13. The predicted molar refractivity (Wildman–Crippen MR) is 40.4 cm³/mol. The number of piperidine rings is 1. The second-order valence-corrected chi connectivity index (χ2v) is 2.84. The van der Waals surface area contributed by atoms with Gasteiger partial charge >= 0.3 is 0 Å². The van der Waals surface area contributed by atoms with Gasteiger partial charge in [0.1, 0.15) is 0 Å². The molecule has 1 heteroatoms. The van der Waals surface area contributed by atoms with E-state index in [4.69, 9.17) is 0 Å². The summed E-state index contributed by atoms with van der Waals surface area (Å²) in [6.07, 6.45) is 5.96. The van der Waals surface area contributed by atoms with Crippen LogP contribution in [0.25, 0.3) is 0 Å². The molecule has 0 aromatic heterocycles. The van der Waals surface area contributed by atoms with E-state index < -0.39 is 0 Å². The molecule has 0 aliphatic carbocycles. The maximum atomic E-state index is 3.76. The summed E-state index contributed by atoms with van der Waals surface area (Å²) < 4.78 is 0. The van der Waals surface area contributed by atoms with Gasteiger partial charge in [0.05, 0.1) is 0 Å². The molecule has 52 valence electrons. The SMILES string of the molecule is C=CC1CCCC(C)N1. The Labute approximate surface area is 57.1 Å². The Bertz CT molecular complexity index is 98.7. The highest BCUT2D eigenvalue weighted by Crippen LogP contribution is 2.11. The molecule has 1 saturated heterocycles. The fourth-order valence-corrected chi connectivity index (χ4v) is 1.36. The number of nitrogens with one attached hydrogen (secondary N) is 1. The molecule has 0 spiro atoms. The van der Waals surface area contributed by atoms with Crippen molar-refractivity contribution < 1.29 is 0 Å². The Morgan fingerprint density at radius 1 is 1.56 bits per heavy atom. The van der Waals surface area contributed by atoms with Crippen LogP contribution in [0.5, 0.6) is 0 Å². The van der Waals surface area contributed by atoms with E-state index in [9.17, 15) is 0 Å². The van der Waals surface area contributed by atoms with Crippen molar-refractivity contribution in [2.45, 2.75) is 38.3 Å². The van der Waals surface area contributed by atoms with E-state index in [2.05, 4.69) is 18.8 Å². The van der Waals surface area contributed by atoms with Gasteiger partial charge in [0.2, 0.25) is 0 Å². The molecule has 2 atom stereocenters. The van der Waals surface area contributed by atoms with Crippen LogP contribution in [0.4, 0.5) is 0 Å². The lowest BCUT2D eigenvalue weighted by Crippen LogP contribution is -2.38. The molecule has 0 amide bonds. The van der Waals surface area contributed by atoms with Gasteiger partial charge in [0, 0.05) is 12.1 Å². The minimum Gasteiger partial charge on any atom is -0.308 e. The van der Waals surface area contributed by atoms with Crippen LogP contribution in [0, 0.1) is 0 Å². The highest BCUT2D eigenvalue weighted by atomic mass is 14.9. The van der Waals surface area contributed by atoms with Crippen molar-refractivity contribution >= 4 is 0 Å². The smallest absolute Gasteiger partial charge is 0.0249 e. The maximum Gasteiger partial charge on any atom is 0.0249 e. The van der Waals surface area contributed by atoms with Gasteiger partial charge in [-0.25, -0.2) is 0 Å². The average molecular weight is 125 g/mol. The van der Waals surface area contributed by atoms with Gasteiger partial charge in [-0.2, -0.15) is 0 Å². The van der Waals surface area contributed by atoms with E-state index in [0.29, 0.717) is 12.1 Å². The van der Waals surface area contributed by atoms with Crippen molar-refractivity contribution in [3.63, 3.8) is 0 Å². The molecule has 1 aliphatic heterocycles. The molecule has 1 nitrogen and oxygen atoms in total. The molecule has 9 heavy (non-hydrogen) atoms. The molecule has 0 bridgehead atoms. The van der Waals surface area contributed by atoms with Gasteiger partial charge in [-0.15, -0.1) is 6.58 Å². The van der Waals surface area contributed by atoms with Gasteiger partial charge in [0.15, 0.2) is 0 Å². The summed E-state index contributed by atoms with van der Waals surface area (Å²) in [7, 11) is 0. The molecule has 2 unspecified atom stereocenters. The predicted octanol–water partition coefficient (Wildman–Crippen LogP) is 1.70. The quantitative estimate of drug-likeness (QED) is 0.526.